The summed E-state index contributed by atoms with van der Waals surface area (Å²) in [5.41, 5.74) is 0. The van der Waals surface area contributed by atoms with Gasteiger partial charge in [0.15, 0.2) is 0 Å². The Morgan fingerprint density at radius 2 is 2.08 bits per heavy atom. The van der Waals surface area contributed by atoms with Crippen molar-refractivity contribution in [2.24, 2.45) is 5.92 Å². The molecular weight excluding hydrogens is 160 g/mol. The molecule has 0 amide bonds. The third-order valence-electron chi connectivity index (χ3n) is 1.70. The Bertz CT molecular complexity index is 135. The Kier molecular flexibility index (Phi) is 5.66. The van der Waals surface area contributed by atoms with Crippen LogP contribution in [0, 0.1) is 5.92 Å². The monoisotopic (exact) mass is 176 g/mol. The molecule has 0 radical (unpaired) electrons. The summed E-state index contributed by atoms with van der Waals surface area (Å²) in [6.45, 7) is 5.85. The SMILES string of the molecule is CCC(C)OCC(C)C(=O)OO. The lowest BCUT2D eigenvalue weighted by Gasteiger charge is -2.12. The second-order valence-corrected chi connectivity index (χ2v) is 2.86. The predicted octanol–water partition coefficient (Wildman–Crippen LogP) is 1.45. The van der Waals surface area contributed by atoms with Crippen LogP contribution in [0.3, 0.4) is 0 Å². The van der Waals surface area contributed by atoms with Gasteiger partial charge in [-0.15, -0.1) is 0 Å². The highest BCUT2D eigenvalue weighted by Crippen LogP contribution is 2.03. The van der Waals surface area contributed by atoms with E-state index in [2.05, 4.69) is 4.89 Å². The van der Waals surface area contributed by atoms with E-state index in [1.54, 1.807) is 6.92 Å². The van der Waals surface area contributed by atoms with Crippen molar-refractivity contribution in [1.29, 1.82) is 0 Å². The first-order valence-electron chi connectivity index (χ1n) is 4.08. The second kappa shape index (κ2) is 5.97. The van der Waals surface area contributed by atoms with Gasteiger partial charge in [0.2, 0.25) is 0 Å². The third kappa shape index (κ3) is 4.31. The predicted molar refractivity (Wildman–Crippen MR) is 43.6 cm³/mol. The molecule has 2 unspecified atom stereocenters. The van der Waals surface area contributed by atoms with Crippen LogP contribution in [0.15, 0.2) is 0 Å². The molecule has 4 heteroatoms. The number of hydrogen-bond donors (Lipinski definition) is 1. The normalized spacial score (nSPS) is 15.3. The molecule has 0 aliphatic carbocycles. The molecular formula is C8H16O4. The van der Waals surface area contributed by atoms with Crippen LogP contribution in [0.1, 0.15) is 27.2 Å². The summed E-state index contributed by atoms with van der Waals surface area (Å²) in [4.78, 5) is 14.2. The molecule has 0 spiro atoms. The number of ether oxygens (including phenoxy) is 1. The maximum Gasteiger partial charge on any atom is 0.347 e. The Balaban J connectivity index is 3.56. The van der Waals surface area contributed by atoms with Crippen LogP contribution in [-0.4, -0.2) is 23.9 Å². The Morgan fingerprint density at radius 1 is 1.50 bits per heavy atom. The first-order valence-corrected chi connectivity index (χ1v) is 4.08. The van der Waals surface area contributed by atoms with Gasteiger partial charge in [-0.3, -0.25) is 0 Å². The van der Waals surface area contributed by atoms with Gasteiger partial charge >= 0.3 is 5.97 Å². The summed E-state index contributed by atoms with van der Waals surface area (Å²) in [7, 11) is 0. The van der Waals surface area contributed by atoms with Crippen molar-refractivity contribution in [2.45, 2.75) is 33.3 Å². The minimum atomic E-state index is -0.654. The van der Waals surface area contributed by atoms with Crippen LogP contribution in [0.25, 0.3) is 0 Å². The van der Waals surface area contributed by atoms with Crippen molar-refractivity contribution >= 4 is 5.97 Å². The average Bonchev–Trinajstić information content (AvgIpc) is 2.11. The number of carbonyl (C=O) groups is 1. The smallest absolute Gasteiger partial charge is 0.347 e. The maximum absolute atomic E-state index is 10.7. The van der Waals surface area contributed by atoms with E-state index in [4.69, 9.17) is 9.99 Å². The lowest BCUT2D eigenvalue weighted by Crippen LogP contribution is -2.21. The minimum Gasteiger partial charge on any atom is -0.378 e. The van der Waals surface area contributed by atoms with Gasteiger partial charge in [0.1, 0.15) is 0 Å². The highest BCUT2D eigenvalue weighted by Gasteiger charge is 2.15. The van der Waals surface area contributed by atoms with Crippen LogP contribution < -0.4 is 0 Å². The summed E-state index contributed by atoms with van der Waals surface area (Å²) in [5.74, 6) is -1.07. The molecule has 0 heterocycles. The molecule has 0 aromatic heterocycles. The van der Waals surface area contributed by atoms with Gasteiger partial charge in [-0.25, -0.2) is 4.79 Å². The molecule has 0 aliphatic heterocycles. The Labute approximate surface area is 72.4 Å². The van der Waals surface area contributed by atoms with Gasteiger partial charge in [0.05, 0.1) is 18.6 Å². The third-order valence-corrected chi connectivity index (χ3v) is 1.70. The molecule has 1 N–H and O–H groups in total. The topological polar surface area (TPSA) is 55.8 Å². The standard InChI is InChI=1S/C8H16O4/c1-4-7(3)11-5-6(2)8(9)12-10/h6-7,10H,4-5H2,1-3H3. The van der Waals surface area contributed by atoms with Gasteiger partial charge in [0, 0.05) is 0 Å². The zero-order valence-corrected chi connectivity index (χ0v) is 7.74. The van der Waals surface area contributed by atoms with Crippen molar-refractivity contribution in [1.82, 2.24) is 0 Å². The Morgan fingerprint density at radius 3 is 2.50 bits per heavy atom. The van der Waals surface area contributed by atoms with Crippen LogP contribution in [0.4, 0.5) is 0 Å². The van der Waals surface area contributed by atoms with Crippen molar-refractivity contribution in [3.63, 3.8) is 0 Å². The van der Waals surface area contributed by atoms with Crippen LogP contribution in [-0.2, 0) is 14.4 Å². The summed E-state index contributed by atoms with van der Waals surface area (Å²) in [6.07, 6.45) is 1.04. The molecule has 0 saturated carbocycles. The van der Waals surface area contributed by atoms with Gasteiger partial charge in [-0.05, 0) is 20.3 Å². The van der Waals surface area contributed by atoms with Gasteiger partial charge in [-0.1, -0.05) is 6.92 Å². The minimum absolute atomic E-state index is 0.138. The van der Waals surface area contributed by atoms with Crippen molar-refractivity contribution < 1.29 is 19.7 Å². The number of hydrogen-bond acceptors (Lipinski definition) is 4. The Hall–Kier alpha value is -0.610. The van der Waals surface area contributed by atoms with E-state index >= 15 is 0 Å². The lowest BCUT2D eigenvalue weighted by molar-refractivity contribution is -0.240. The molecule has 2 atom stereocenters. The first kappa shape index (κ1) is 11.4. The van der Waals surface area contributed by atoms with E-state index < -0.39 is 11.9 Å². The van der Waals surface area contributed by atoms with Gasteiger partial charge in [-0.2, -0.15) is 5.26 Å². The van der Waals surface area contributed by atoms with Crippen LogP contribution in [0.2, 0.25) is 0 Å². The van der Waals surface area contributed by atoms with E-state index in [-0.39, 0.29) is 12.7 Å². The largest absolute Gasteiger partial charge is 0.378 e. The highest BCUT2D eigenvalue weighted by molar-refractivity contribution is 5.71. The van der Waals surface area contributed by atoms with Crippen LogP contribution in [0.5, 0.6) is 0 Å². The maximum atomic E-state index is 10.7. The molecule has 0 rings (SSSR count). The fraction of sp³-hybridized carbons (Fsp3) is 0.875. The van der Waals surface area contributed by atoms with Crippen molar-refractivity contribution in [3.8, 4) is 0 Å². The van der Waals surface area contributed by atoms with Crippen molar-refractivity contribution in [3.05, 3.63) is 0 Å². The van der Waals surface area contributed by atoms with E-state index in [1.165, 1.54) is 0 Å². The molecule has 0 saturated heterocycles. The molecule has 0 bridgehead atoms. The fourth-order valence-electron chi connectivity index (χ4n) is 0.584. The molecule has 4 nitrogen and oxygen atoms in total. The summed E-state index contributed by atoms with van der Waals surface area (Å²) in [5, 5.41) is 8.02. The van der Waals surface area contributed by atoms with Crippen molar-refractivity contribution in [2.75, 3.05) is 6.61 Å². The molecule has 0 fully saturated rings. The molecule has 0 aromatic carbocycles. The van der Waals surface area contributed by atoms with E-state index in [1.807, 2.05) is 13.8 Å². The first-order chi connectivity index (χ1) is 5.61. The van der Waals surface area contributed by atoms with Crippen LogP contribution >= 0.6 is 0 Å². The zero-order chi connectivity index (χ0) is 9.56. The molecule has 0 aliphatic rings. The van der Waals surface area contributed by atoms with E-state index in [0.717, 1.165) is 6.42 Å². The summed E-state index contributed by atoms with van der Waals surface area (Å²) < 4.78 is 5.26. The molecule has 12 heavy (non-hydrogen) atoms. The number of rotatable bonds is 5. The fourth-order valence-corrected chi connectivity index (χ4v) is 0.584. The zero-order valence-electron chi connectivity index (χ0n) is 7.74. The molecule has 0 aromatic rings. The van der Waals surface area contributed by atoms with Gasteiger partial charge < -0.3 is 9.62 Å². The van der Waals surface area contributed by atoms with Gasteiger partial charge in [0.25, 0.3) is 0 Å². The summed E-state index contributed by atoms with van der Waals surface area (Å²) in [6, 6.07) is 0. The lowest BCUT2D eigenvalue weighted by atomic mass is 10.2. The highest BCUT2D eigenvalue weighted by atomic mass is 17.1. The quantitative estimate of drug-likeness (QED) is 0.509. The van der Waals surface area contributed by atoms with E-state index in [0.29, 0.717) is 0 Å². The second-order valence-electron chi connectivity index (χ2n) is 2.86. The molecule has 72 valence electrons. The van der Waals surface area contributed by atoms with E-state index in [9.17, 15) is 4.79 Å². The average molecular weight is 176 g/mol. The summed E-state index contributed by atoms with van der Waals surface area (Å²) >= 11 is 0. The number of carbonyl (C=O) groups excluding carboxylic acids is 1.